The lowest BCUT2D eigenvalue weighted by Gasteiger charge is -2.35. The van der Waals surface area contributed by atoms with Crippen molar-refractivity contribution in [3.05, 3.63) is 63.8 Å². The van der Waals surface area contributed by atoms with E-state index in [4.69, 9.17) is 37.7 Å². The van der Waals surface area contributed by atoms with E-state index in [0.29, 0.717) is 38.8 Å². The van der Waals surface area contributed by atoms with Crippen molar-refractivity contribution < 1.29 is 14.3 Å². The summed E-state index contributed by atoms with van der Waals surface area (Å²) in [7, 11) is 0. The van der Waals surface area contributed by atoms with Crippen molar-refractivity contribution in [3.63, 3.8) is 0 Å². The number of benzene rings is 2. The molecule has 1 aromatic heterocycles. The monoisotopic (exact) mass is 555 g/mol. The summed E-state index contributed by atoms with van der Waals surface area (Å²) in [5.41, 5.74) is 1.71. The van der Waals surface area contributed by atoms with Gasteiger partial charge in [-0.15, -0.1) is 0 Å². The Hall–Kier alpha value is -2.54. The van der Waals surface area contributed by atoms with Crippen LogP contribution in [0.2, 0.25) is 10.0 Å². The predicted molar refractivity (Wildman–Crippen MR) is 153 cm³/mol. The van der Waals surface area contributed by atoms with Crippen molar-refractivity contribution in [2.75, 3.05) is 13.1 Å². The van der Waals surface area contributed by atoms with Crippen LogP contribution in [0.3, 0.4) is 0 Å². The molecule has 8 heteroatoms. The molecule has 2 heterocycles. The highest BCUT2D eigenvalue weighted by Gasteiger charge is 2.25. The molecule has 2 fully saturated rings. The minimum absolute atomic E-state index is 0.0794. The number of likely N-dealkylation sites (tertiary alicyclic amines) is 1. The molecule has 2 aromatic carbocycles. The molecule has 1 aliphatic carbocycles. The number of fused-ring (bicyclic) bond motifs is 1. The van der Waals surface area contributed by atoms with Gasteiger partial charge in [-0.05, 0) is 77.1 Å². The third kappa shape index (κ3) is 6.19. The van der Waals surface area contributed by atoms with Gasteiger partial charge in [-0.1, -0.05) is 41.4 Å². The molecule has 1 amide bonds. The number of aromatic nitrogens is 1. The molecule has 1 N–H and O–H groups in total. The quantitative estimate of drug-likeness (QED) is 0.322. The Kier molecular flexibility index (Phi) is 8.61. The fourth-order valence-electron chi connectivity index (χ4n) is 5.38. The number of carbonyl (C=O) groups is 1. The van der Waals surface area contributed by atoms with Gasteiger partial charge in [0.15, 0.2) is 0 Å². The zero-order valence-corrected chi connectivity index (χ0v) is 23.5. The first kappa shape index (κ1) is 27.0. The number of halogens is 2. The lowest BCUT2D eigenvalue weighted by atomic mass is 10.0. The van der Waals surface area contributed by atoms with E-state index in [1.54, 1.807) is 12.1 Å². The largest absolute Gasteiger partial charge is 0.488 e. The molecule has 0 spiro atoms. The molecule has 2 aliphatic rings. The molecule has 38 heavy (non-hydrogen) atoms. The van der Waals surface area contributed by atoms with E-state index in [9.17, 15) is 4.79 Å². The maximum absolute atomic E-state index is 13.5. The van der Waals surface area contributed by atoms with Crippen LogP contribution >= 0.6 is 23.2 Å². The summed E-state index contributed by atoms with van der Waals surface area (Å²) >= 11 is 12.6. The van der Waals surface area contributed by atoms with Crippen LogP contribution < -0.4 is 14.8 Å². The Morgan fingerprint density at radius 3 is 2.66 bits per heavy atom. The smallest absolute Gasteiger partial charge is 0.270 e. The van der Waals surface area contributed by atoms with Crippen LogP contribution in [-0.2, 0) is 6.61 Å². The number of rotatable bonds is 8. The van der Waals surface area contributed by atoms with Crippen molar-refractivity contribution in [2.45, 2.75) is 77.2 Å². The van der Waals surface area contributed by atoms with E-state index in [-0.39, 0.29) is 24.7 Å². The first-order valence-electron chi connectivity index (χ1n) is 13.6. The number of hydrogen-bond acceptors (Lipinski definition) is 5. The number of ether oxygens (including phenoxy) is 2. The van der Waals surface area contributed by atoms with Crippen LogP contribution in [0, 0.1) is 0 Å². The second kappa shape index (κ2) is 12.1. The van der Waals surface area contributed by atoms with E-state index in [0.717, 1.165) is 49.7 Å². The first-order chi connectivity index (χ1) is 18.4. The van der Waals surface area contributed by atoms with E-state index < -0.39 is 0 Å². The molecule has 5 rings (SSSR count). The lowest BCUT2D eigenvalue weighted by molar-refractivity contribution is 0.0881. The zero-order chi connectivity index (χ0) is 26.6. The molecule has 202 valence electrons. The highest BCUT2D eigenvalue weighted by atomic mass is 35.5. The maximum Gasteiger partial charge on any atom is 0.270 e. The molecule has 6 nitrogen and oxygen atoms in total. The Labute approximate surface area is 234 Å². The molecular formula is C30H35Cl2N3O3. The number of hydrogen-bond donors (Lipinski definition) is 1. The summed E-state index contributed by atoms with van der Waals surface area (Å²) in [5.74, 6) is 1.03. The van der Waals surface area contributed by atoms with Crippen LogP contribution in [0.1, 0.15) is 68.4 Å². The van der Waals surface area contributed by atoms with Crippen molar-refractivity contribution >= 4 is 40.0 Å². The number of nitrogens with one attached hydrogen (secondary N) is 1. The summed E-state index contributed by atoms with van der Waals surface area (Å²) in [6.07, 6.45) is 6.57. The van der Waals surface area contributed by atoms with Crippen LogP contribution in [0.5, 0.6) is 11.5 Å². The van der Waals surface area contributed by atoms with Gasteiger partial charge in [0, 0.05) is 35.6 Å². The maximum atomic E-state index is 13.5. The van der Waals surface area contributed by atoms with Crippen LogP contribution in [-0.4, -0.2) is 47.1 Å². The van der Waals surface area contributed by atoms with E-state index in [2.05, 4.69) is 24.1 Å². The normalized spacial score (nSPS) is 18.7. The average molecular weight is 557 g/mol. The molecule has 0 unspecified atom stereocenters. The average Bonchev–Trinajstić information content (AvgIpc) is 3.43. The highest BCUT2D eigenvalue weighted by Crippen LogP contribution is 2.35. The minimum atomic E-state index is -0.205. The number of carbonyl (C=O) groups excluding carboxylic acids is 1. The molecule has 0 bridgehead atoms. The van der Waals surface area contributed by atoms with Gasteiger partial charge in [0.2, 0.25) is 0 Å². The minimum Gasteiger partial charge on any atom is -0.488 e. The van der Waals surface area contributed by atoms with E-state index >= 15 is 0 Å². The Balaban J connectivity index is 1.46. The molecule has 3 aromatic rings. The number of nitrogens with zero attached hydrogens (tertiary/aromatic N) is 2. The summed E-state index contributed by atoms with van der Waals surface area (Å²) < 4.78 is 12.6. The van der Waals surface area contributed by atoms with Crippen LogP contribution in [0.25, 0.3) is 10.9 Å². The fraction of sp³-hybridized carbons (Fsp3) is 0.467. The van der Waals surface area contributed by atoms with Gasteiger partial charge >= 0.3 is 0 Å². The van der Waals surface area contributed by atoms with Gasteiger partial charge in [-0.2, -0.15) is 0 Å². The zero-order valence-electron chi connectivity index (χ0n) is 22.0. The summed E-state index contributed by atoms with van der Waals surface area (Å²) in [6.45, 7) is 6.49. The molecule has 1 atom stereocenters. The second-order valence-corrected chi connectivity index (χ2v) is 11.4. The van der Waals surface area contributed by atoms with E-state index in [1.807, 2.05) is 30.3 Å². The predicted octanol–water partition coefficient (Wildman–Crippen LogP) is 7.04. The summed E-state index contributed by atoms with van der Waals surface area (Å²) in [6, 6.07) is 13.5. The molecule has 0 radical (unpaired) electrons. The van der Waals surface area contributed by atoms with Crippen molar-refractivity contribution in [1.82, 2.24) is 15.2 Å². The van der Waals surface area contributed by atoms with Crippen molar-refractivity contribution in [3.8, 4) is 11.5 Å². The van der Waals surface area contributed by atoms with Gasteiger partial charge in [0.25, 0.3) is 5.91 Å². The van der Waals surface area contributed by atoms with Gasteiger partial charge in [0.1, 0.15) is 29.3 Å². The standard InChI is InChI=1S/C30H35Cl2N3O3/c1-19(2)35-15-7-9-21(17-35)33-30(36)25-16-27(37-18-20-8-5-13-24(31)28(20)32)23-12-6-14-26(29(23)34-25)38-22-10-3-4-11-22/h5-6,8,12-14,16,19,21-22H,3-4,7,9-11,15,17-18H2,1-2H3,(H,33,36)/t21-/m1/s1. The van der Waals surface area contributed by atoms with Crippen molar-refractivity contribution in [2.24, 2.45) is 0 Å². The first-order valence-corrected chi connectivity index (χ1v) is 14.4. The van der Waals surface area contributed by atoms with Crippen molar-refractivity contribution in [1.29, 1.82) is 0 Å². The highest BCUT2D eigenvalue weighted by molar-refractivity contribution is 6.42. The Morgan fingerprint density at radius 1 is 1.08 bits per heavy atom. The molecule has 1 saturated heterocycles. The van der Waals surface area contributed by atoms with Gasteiger partial charge in [0.05, 0.1) is 16.1 Å². The number of pyridine rings is 1. The summed E-state index contributed by atoms with van der Waals surface area (Å²) in [4.78, 5) is 20.7. The van der Waals surface area contributed by atoms with Gasteiger partial charge < -0.3 is 14.8 Å². The lowest BCUT2D eigenvalue weighted by Crippen LogP contribution is -2.49. The number of piperidine rings is 1. The topological polar surface area (TPSA) is 63.7 Å². The third-order valence-electron chi connectivity index (χ3n) is 7.53. The van der Waals surface area contributed by atoms with Crippen LogP contribution in [0.15, 0.2) is 42.5 Å². The Bertz CT molecular complexity index is 1290. The second-order valence-electron chi connectivity index (χ2n) is 10.6. The fourth-order valence-corrected chi connectivity index (χ4v) is 5.75. The molecule has 1 saturated carbocycles. The van der Waals surface area contributed by atoms with E-state index in [1.165, 1.54) is 12.8 Å². The number of para-hydroxylation sites is 1. The molecular weight excluding hydrogens is 521 g/mol. The van der Waals surface area contributed by atoms with Gasteiger partial charge in [-0.3, -0.25) is 9.69 Å². The Morgan fingerprint density at radius 2 is 1.87 bits per heavy atom. The van der Waals surface area contributed by atoms with Gasteiger partial charge in [-0.25, -0.2) is 4.98 Å². The third-order valence-corrected chi connectivity index (χ3v) is 8.38. The number of amides is 1. The van der Waals surface area contributed by atoms with Crippen LogP contribution in [0.4, 0.5) is 0 Å². The SMILES string of the molecule is CC(C)N1CCC[C@@H](NC(=O)c2cc(OCc3cccc(Cl)c3Cl)c3cccc(OC4CCCC4)c3n2)C1. The summed E-state index contributed by atoms with van der Waals surface area (Å²) in [5, 5.41) is 4.94. The molecule has 1 aliphatic heterocycles.